The highest BCUT2D eigenvalue weighted by Gasteiger charge is 2.34. The molecule has 3 heteroatoms. The Morgan fingerprint density at radius 3 is 2.23 bits per heavy atom. The van der Waals surface area contributed by atoms with Crippen molar-refractivity contribution in [1.29, 1.82) is 0 Å². The van der Waals surface area contributed by atoms with Crippen LogP contribution in [0.15, 0.2) is 137 Å². The predicted molar refractivity (Wildman–Crippen MR) is 149 cm³/mol. The van der Waals surface area contributed by atoms with E-state index in [9.17, 15) is 0 Å². The maximum atomic E-state index is 5.13. The normalized spacial score (nSPS) is 16.5. The van der Waals surface area contributed by atoms with Gasteiger partial charge in [0.2, 0.25) is 0 Å². The number of hydrogen-bond acceptors (Lipinski definition) is 3. The molecule has 0 bridgehead atoms. The van der Waals surface area contributed by atoms with Gasteiger partial charge in [-0.2, -0.15) is 0 Å². The largest absolute Gasteiger partial charge is 0.288 e. The van der Waals surface area contributed by atoms with E-state index in [-0.39, 0.29) is 6.04 Å². The van der Waals surface area contributed by atoms with Crippen LogP contribution in [0.2, 0.25) is 0 Å². The Balaban J connectivity index is 1.33. The summed E-state index contributed by atoms with van der Waals surface area (Å²) in [5, 5.41) is 3.58. The summed E-state index contributed by atoms with van der Waals surface area (Å²) in [5.41, 5.74) is 7.28. The summed E-state index contributed by atoms with van der Waals surface area (Å²) in [5.74, 6) is 0. The van der Waals surface area contributed by atoms with Gasteiger partial charge in [-0.05, 0) is 63.0 Å². The van der Waals surface area contributed by atoms with Gasteiger partial charge in [0.25, 0.3) is 0 Å². The molecule has 0 amide bonds. The lowest BCUT2D eigenvalue weighted by Gasteiger charge is -2.29. The molecule has 0 saturated carbocycles. The molecule has 0 fully saturated rings. The smallest absolute Gasteiger partial charge is 0.174 e. The Morgan fingerprint density at radius 2 is 1.34 bits per heavy atom. The van der Waals surface area contributed by atoms with Gasteiger partial charge in [0.1, 0.15) is 0 Å². The zero-order valence-electron chi connectivity index (χ0n) is 19.0. The lowest BCUT2D eigenvalue weighted by Crippen LogP contribution is -2.27. The molecule has 5 aromatic carbocycles. The number of nitrogens with zero attached hydrogens (tertiary/aromatic N) is 2. The maximum Gasteiger partial charge on any atom is 0.174 e. The first kappa shape index (κ1) is 20.3. The van der Waals surface area contributed by atoms with Crippen molar-refractivity contribution in [2.45, 2.75) is 10.9 Å². The molecule has 1 unspecified atom stereocenters. The molecule has 2 aliphatic rings. The summed E-state index contributed by atoms with van der Waals surface area (Å²) in [7, 11) is 0. The van der Waals surface area contributed by atoms with Gasteiger partial charge in [0, 0.05) is 4.90 Å². The summed E-state index contributed by atoms with van der Waals surface area (Å²) >= 11 is 1.75. The predicted octanol–water partition coefficient (Wildman–Crippen LogP) is 8.57. The van der Waals surface area contributed by atoms with Crippen molar-refractivity contribution in [1.82, 2.24) is 0 Å². The highest BCUT2D eigenvalue weighted by molar-refractivity contribution is 8.14. The molecular weight excluding hydrogens is 444 g/mol. The molecule has 7 rings (SSSR count). The van der Waals surface area contributed by atoms with E-state index in [0.29, 0.717) is 0 Å². The first-order chi connectivity index (χ1) is 17.3. The van der Waals surface area contributed by atoms with Crippen molar-refractivity contribution >= 4 is 39.1 Å². The minimum Gasteiger partial charge on any atom is -0.288 e. The molecule has 0 saturated heterocycles. The van der Waals surface area contributed by atoms with Crippen molar-refractivity contribution < 1.29 is 0 Å². The van der Waals surface area contributed by atoms with Crippen molar-refractivity contribution in [2.24, 2.45) is 4.99 Å². The second kappa shape index (κ2) is 8.30. The van der Waals surface area contributed by atoms with Crippen LogP contribution in [0.5, 0.6) is 0 Å². The Labute approximate surface area is 209 Å². The van der Waals surface area contributed by atoms with Gasteiger partial charge in [-0.3, -0.25) is 4.90 Å². The van der Waals surface area contributed by atoms with Gasteiger partial charge in [-0.1, -0.05) is 109 Å². The highest BCUT2D eigenvalue weighted by Crippen LogP contribution is 2.48. The van der Waals surface area contributed by atoms with Crippen LogP contribution in [-0.2, 0) is 0 Å². The van der Waals surface area contributed by atoms with Crippen LogP contribution < -0.4 is 4.90 Å². The topological polar surface area (TPSA) is 15.6 Å². The second-order valence-electron chi connectivity index (χ2n) is 8.83. The number of fused-ring (bicyclic) bond motifs is 4. The van der Waals surface area contributed by atoms with Gasteiger partial charge >= 0.3 is 0 Å². The Bertz CT molecular complexity index is 1610. The minimum absolute atomic E-state index is 0.00277. The third-order valence-corrected chi connectivity index (χ3v) is 7.76. The van der Waals surface area contributed by atoms with Crippen LogP contribution in [0.3, 0.4) is 0 Å². The number of benzene rings is 5. The molecule has 0 spiro atoms. The SMILES string of the molecule is C1=C(c2ccc(-c3cccc4ccccc34)cc2)N2C(=NC1c1ccccc1)Sc1ccccc12. The Morgan fingerprint density at radius 1 is 0.629 bits per heavy atom. The monoisotopic (exact) mass is 466 g/mol. The Hall–Kier alpha value is -4.08. The van der Waals surface area contributed by atoms with Crippen molar-refractivity contribution in [3.63, 3.8) is 0 Å². The number of thioether (sulfide) groups is 1. The number of amidine groups is 1. The van der Waals surface area contributed by atoms with Gasteiger partial charge in [-0.15, -0.1) is 0 Å². The average Bonchev–Trinajstić information content (AvgIpc) is 3.31. The van der Waals surface area contributed by atoms with E-state index in [4.69, 9.17) is 4.99 Å². The van der Waals surface area contributed by atoms with Gasteiger partial charge in [0.05, 0.1) is 17.4 Å². The number of hydrogen-bond donors (Lipinski definition) is 0. The molecule has 0 aromatic heterocycles. The third kappa shape index (κ3) is 3.48. The number of rotatable bonds is 3. The van der Waals surface area contributed by atoms with E-state index in [1.807, 2.05) is 0 Å². The molecule has 0 aliphatic carbocycles. The van der Waals surface area contributed by atoms with Gasteiger partial charge in [0.15, 0.2) is 5.17 Å². The van der Waals surface area contributed by atoms with E-state index in [2.05, 4.69) is 132 Å². The number of para-hydroxylation sites is 1. The molecule has 2 aliphatic heterocycles. The molecule has 0 N–H and O–H groups in total. The van der Waals surface area contributed by atoms with Crippen molar-refractivity contribution in [3.8, 4) is 11.1 Å². The fraction of sp³-hybridized carbons (Fsp3) is 0.0312. The van der Waals surface area contributed by atoms with Crippen LogP contribution in [-0.4, -0.2) is 5.17 Å². The molecule has 2 heterocycles. The van der Waals surface area contributed by atoms with Crippen molar-refractivity contribution in [2.75, 3.05) is 4.90 Å². The molecule has 166 valence electrons. The van der Waals surface area contributed by atoms with E-state index in [1.165, 1.54) is 49.3 Å². The Kier molecular flexibility index (Phi) is 4.81. The van der Waals surface area contributed by atoms with E-state index >= 15 is 0 Å². The quantitative estimate of drug-likeness (QED) is 0.265. The summed E-state index contributed by atoms with van der Waals surface area (Å²) < 4.78 is 0. The summed E-state index contributed by atoms with van der Waals surface area (Å²) in [4.78, 5) is 8.69. The number of aliphatic imine (C=N–C) groups is 1. The maximum absolute atomic E-state index is 5.13. The zero-order chi connectivity index (χ0) is 23.2. The fourth-order valence-electron chi connectivity index (χ4n) is 5.02. The first-order valence-electron chi connectivity index (χ1n) is 11.9. The molecular formula is C32H22N2S. The van der Waals surface area contributed by atoms with Gasteiger partial charge in [-0.25, -0.2) is 4.99 Å². The summed E-state index contributed by atoms with van der Waals surface area (Å²) in [6, 6.07) is 43.2. The molecule has 35 heavy (non-hydrogen) atoms. The van der Waals surface area contributed by atoms with Crippen molar-refractivity contribution in [3.05, 3.63) is 139 Å². The van der Waals surface area contributed by atoms with E-state index in [0.717, 1.165) is 5.17 Å². The van der Waals surface area contributed by atoms with Crippen LogP contribution in [0.25, 0.3) is 27.6 Å². The second-order valence-corrected chi connectivity index (χ2v) is 9.84. The molecule has 1 atom stereocenters. The van der Waals surface area contributed by atoms with Gasteiger partial charge < -0.3 is 0 Å². The van der Waals surface area contributed by atoms with Crippen LogP contribution >= 0.6 is 11.8 Å². The third-order valence-electron chi connectivity index (χ3n) is 6.73. The lowest BCUT2D eigenvalue weighted by atomic mass is 9.96. The first-order valence-corrected chi connectivity index (χ1v) is 12.7. The lowest BCUT2D eigenvalue weighted by molar-refractivity contribution is 0.899. The van der Waals surface area contributed by atoms with Crippen LogP contribution in [0.1, 0.15) is 17.2 Å². The molecule has 5 aromatic rings. The zero-order valence-corrected chi connectivity index (χ0v) is 19.8. The fourth-order valence-corrected chi connectivity index (χ4v) is 6.08. The summed E-state index contributed by atoms with van der Waals surface area (Å²) in [6.07, 6.45) is 2.30. The van der Waals surface area contributed by atoms with Crippen LogP contribution in [0, 0.1) is 0 Å². The van der Waals surface area contributed by atoms with E-state index in [1.54, 1.807) is 11.8 Å². The standard InChI is InChI=1S/C32H22N2S/c1-2-10-24(11-3-1)28-21-30(34-29-15-6-7-16-31(29)35-32(34)33-28)25-19-17-23(18-20-25)27-14-8-12-22-9-4-5-13-26(22)27/h1-21,28H. The van der Waals surface area contributed by atoms with E-state index < -0.39 is 0 Å². The summed E-state index contributed by atoms with van der Waals surface area (Å²) in [6.45, 7) is 0. The molecule has 0 radical (unpaired) electrons. The van der Waals surface area contributed by atoms with Crippen LogP contribution in [0.4, 0.5) is 5.69 Å². The number of anilines is 1. The average molecular weight is 467 g/mol. The highest BCUT2D eigenvalue weighted by atomic mass is 32.2. The molecule has 2 nitrogen and oxygen atoms in total. The minimum atomic E-state index is -0.00277.